The molecule has 3 heterocycles. The van der Waals surface area contributed by atoms with Crippen molar-refractivity contribution in [3.8, 4) is 0 Å². The molecule has 3 amide bonds. The third kappa shape index (κ3) is 2.85. The van der Waals surface area contributed by atoms with Crippen LogP contribution in [-0.2, 0) is 11.3 Å². The number of rotatable bonds is 5. The minimum Gasteiger partial charge on any atom is -0.353 e. The second kappa shape index (κ2) is 7.14. The topological polar surface area (TPSA) is 87.5 Å². The summed E-state index contributed by atoms with van der Waals surface area (Å²) in [6.07, 6.45) is 2.86. The van der Waals surface area contributed by atoms with Crippen LogP contribution in [-0.4, -0.2) is 45.5 Å². The van der Waals surface area contributed by atoms with Gasteiger partial charge in [0.15, 0.2) is 0 Å². The highest BCUT2D eigenvalue weighted by molar-refractivity contribution is 6.17. The SMILES string of the molecule is O=C(CN1C(=O)c2ccccc2N2C(=O)c3ccccc3[C@H]12)NCCn1cccn1. The number of carbonyl (C=O) groups is 3. The molecule has 2 aromatic carbocycles. The third-order valence-corrected chi connectivity index (χ3v) is 5.42. The van der Waals surface area contributed by atoms with Gasteiger partial charge in [-0.1, -0.05) is 30.3 Å². The van der Waals surface area contributed by atoms with E-state index in [4.69, 9.17) is 0 Å². The first-order chi connectivity index (χ1) is 14.6. The van der Waals surface area contributed by atoms with E-state index in [0.29, 0.717) is 29.9 Å². The smallest absolute Gasteiger partial charge is 0.260 e. The van der Waals surface area contributed by atoms with Gasteiger partial charge in [0.25, 0.3) is 11.8 Å². The van der Waals surface area contributed by atoms with Gasteiger partial charge in [-0.15, -0.1) is 0 Å². The van der Waals surface area contributed by atoms with Crippen molar-refractivity contribution in [3.63, 3.8) is 0 Å². The fourth-order valence-corrected chi connectivity index (χ4v) is 4.09. The molecule has 3 aromatic rings. The number of amides is 3. The first-order valence-corrected chi connectivity index (χ1v) is 9.72. The Bertz CT molecular complexity index is 1140. The van der Waals surface area contributed by atoms with Gasteiger partial charge in [0.05, 0.1) is 17.8 Å². The summed E-state index contributed by atoms with van der Waals surface area (Å²) in [6.45, 7) is 0.782. The minimum atomic E-state index is -0.632. The van der Waals surface area contributed by atoms with Crippen LogP contribution in [0.15, 0.2) is 67.0 Å². The van der Waals surface area contributed by atoms with Crippen LogP contribution in [0.4, 0.5) is 5.69 Å². The molecule has 0 radical (unpaired) electrons. The van der Waals surface area contributed by atoms with E-state index in [-0.39, 0.29) is 24.3 Å². The molecule has 0 fully saturated rings. The maximum Gasteiger partial charge on any atom is 0.260 e. The van der Waals surface area contributed by atoms with E-state index >= 15 is 0 Å². The Morgan fingerprint density at radius 3 is 2.53 bits per heavy atom. The molecule has 1 N–H and O–H groups in total. The normalized spacial score (nSPS) is 16.9. The quantitative estimate of drug-likeness (QED) is 0.706. The number of nitrogens with zero attached hydrogens (tertiary/aromatic N) is 4. The summed E-state index contributed by atoms with van der Waals surface area (Å²) in [4.78, 5) is 42.1. The number of nitrogens with one attached hydrogen (secondary N) is 1. The van der Waals surface area contributed by atoms with Gasteiger partial charge in [-0.2, -0.15) is 5.10 Å². The van der Waals surface area contributed by atoms with Crippen molar-refractivity contribution in [2.45, 2.75) is 12.7 Å². The summed E-state index contributed by atoms with van der Waals surface area (Å²) in [6, 6.07) is 16.1. The molecule has 0 unspecified atom stereocenters. The van der Waals surface area contributed by atoms with E-state index in [2.05, 4.69) is 10.4 Å². The Morgan fingerprint density at radius 1 is 0.967 bits per heavy atom. The highest BCUT2D eigenvalue weighted by Crippen LogP contribution is 2.44. The lowest BCUT2D eigenvalue weighted by molar-refractivity contribution is -0.122. The molecule has 2 aliphatic rings. The van der Waals surface area contributed by atoms with Crippen molar-refractivity contribution in [1.82, 2.24) is 20.0 Å². The van der Waals surface area contributed by atoms with Crippen molar-refractivity contribution < 1.29 is 14.4 Å². The fraction of sp³-hybridized carbons (Fsp3) is 0.182. The van der Waals surface area contributed by atoms with Crippen LogP contribution < -0.4 is 10.2 Å². The van der Waals surface area contributed by atoms with Gasteiger partial charge in [0.1, 0.15) is 12.7 Å². The average molecular weight is 401 g/mol. The van der Waals surface area contributed by atoms with Gasteiger partial charge in [-0.3, -0.25) is 24.0 Å². The molecule has 0 saturated carbocycles. The number of hydrogen-bond donors (Lipinski definition) is 1. The zero-order valence-electron chi connectivity index (χ0n) is 16.1. The zero-order chi connectivity index (χ0) is 20.7. The van der Waals surface area contributed by atoms with E-state index in [1.807, 2.05) is 24.4 Å². The van der Waals surface area contributed by atoms with Crippen LogP contribution in [0.1, 0.15) is 32.4 Å². The van der Waals surface area contributed by atoms with Gasteiger partial charge in [0.2, 0.25) is 5.91 Å². The van der Waals surface area contributed by atoms with Crippen molar-refractivity contribution in [1.29, 1.82) is 0 Å². The Labute approximate surface area is 172 Å². The summed E-state index contributed by atoms with van der Waals surface area (Å²) >= 11 is 0. The Balaban J connectivity index is 1.43. The van der Waals surface area contributed by atoms with E-state index in [1.54, 1.807) is 52.2 Å². The summed E-state index contributed by atoms with van der Waals surface area (Å²) in [5.74, 6) is -0.718. The van der Waals surface area contributed by atoms with Crippen LogP contribution in [0.5, 0.6) is 0 Å². The van der Waals surface area contributed by atoms with Crippen LogP contribution in [0.25, 0.3) is 0 Å². The lowest BCUT2D eigenvalue weighted by atomic mass is 10.0. The van der Waals surface area contributed by atoms with Crippen molar-refractivity contribution in [2.24, 2.45) is 0 Å². The maximum atomic E-state index is 13.3. The van der Waals surface area contributed by atoms with Crippen LogP contribution in [0.2, 0.25) is 0 Å². The van der Waals surface area contributed by atoms with Gasteiger partial charge in [-0.25, -0.2) is 0 Å². The van der Waals surface area contributed by atoms with Gasteiger partial charge in [-0.05, 0) is 24.3 Å². The maximum absolute atomic E-state index is 13.3. The largest absolute Gasteiger partial charge is 0.353 e. The van der Waals surface area contributed by atoms with E-state index in [9.17, 15) is 14.4 Å². The van der Waals surface area contributed by atoms with Gasteiger partial charge in [0, 0.05) is 30.1 Å². The number of benzene rings is 2. The molecule has 8 nitrogen and oxygen atoms in total. The monoisotopic (exact) mass is 401 g/mol. The van der Waals surface area contributed by atoms with Crippen molar-refractivity contribution >= 4 is 23.4 Å². The molecule has 1 aromatic heterocycles. The summed E-state index contributed by atoms with van der Waals surface area (Å²) in [5.41, 5.74) is 2.27. The van der Waals surface area contributed by atoms with Crippen LogP contribution >= 0.6 is 0 Å². The first kappa shape index (κ1) is 18.1. The van der Waals surface area contributed by atoms with Crippen molar-refractivity contribution in [2.75, 3.05) is 18.0 Å². The predicted molar refractivity (Wildman–Crippen MR) is 109 cm³/mol. The highest BCUT2D eigenvalue weighted by atomic mass is 16.2. The molecular weight excluding hydrogens is 382 g/mol. The van der Waals surface area contributed by atoms with Crippen LogP contribution in [0, 0.1) is 0 Å². The summed E-state index contributed by atoms with van der Waals surface area (Å²) in [5, 5.41) is 6.93. The Morgan fingerprint density at radius 2 is 1.73 bits per heavy atom. The first-order valence-electron chi connectivity index (χ1n) is 9.72. The molecule has 30 heavy (non-hydrogen) atoms. The minimum absolute atomic E-state index is 0.144. The second-order valence-electron chi connectivity index (χ2n) is 7.21. The highest BCUT2D eigenvalue weighted by Gasteiger charge is 2.47. The molecule has 2 aliphatic heterocycles. The Hall–Kier alpha value is -3.94. The number of aromatic nitrogens is 2. The molecule has 0 bridgehead atoms. The number of anilines is 1. The lowest BCUT2D eigenvalue weighted by Crippen LogP contribution is -2.51. The third-order valence-electron chi connectivity index (χ3n) is 5.42. The van der Waals surface area contributed by atoms with E-state index < -0.39 is 6.17 Å². The number of hydrogen-bond acceptors (Lipinski definition) is 4. The second-order valence-corrected chi connectivity index (χ2v) is 7.21. The standard InChI is InChI=1S/C22H19N5O3/c28-19(23-11-13-25-12-5-10-24-25)14-26-20-15-6-1-2-7-16(15)22(30)27(20)18-9-4-3-8-17(18)21(26)29/h1-10,12,20H,11,13-14H2,(H,23,28)/t20-/m1/s1. The van der Waals surface area contributed by atoms with Crippen LogP contribution in [0.3, 0.4) is 0 Å². The number of carbonyl (C=O) groups excluding carboxylic acids is 3. The van der Waals surface area contributed by atoms with E-state index in [1.165, 1.54) is 4.90 Å². The molecule has 8 heteroatoms. The fourth-order valence-electron chi connectivity index (χ4n) is 4.09. The molecule has 5 rings (SSSR count). The molecule has 150 valence electrons. The zero-order valence-corrected chi connectivity index (χ0v) is 16.1. The molecule has 0 spiro atoms. The lowest BCUT2D eigenvalue weighted by Gasteiger charge is -2.40. The number of fused-ring (bicyclic) bond motifs is 5. The average Bonchev–Trinajstić information content (AvgIpc) is 3.38. The summed E-state index contributed by atoms with van der Waals surface area (Å²) in [7, 11) is 0. The predicted octanol–water partition coefficient (Wildman–Crippen LogP) is 1.81. The molecular formula is C22H19N5O3. The van der Waals surface area contributed by atoms with Gasteiger partial charge >= 0.3 is 0 Å². The van der Waals surface area contributed by atoms with Crippen molar-refractivity contribution in [3.05, 3.63) is 83.7 Å². The Kier molecular flexibility index (Phi) is 4.31. The number of para-hydroxylation sites is 1. The molecule has 1 atom stereocenters. The summed E-state index contributed by atoms with van der Waals surface area (Å²) < 4.78 is 1.72. The van der Waals surface area contributed by atoms with Gasteiger partial charge < -0.3 is 10.2 Å². The molecule has 0 saturated heterocycles. The molecule has 0 aliphatic carbocycles. The van der Waals surface area contributed by atoms with E-state index in [0.717, 1.165) is 5.56 Å².